The Morgan fingerprint density at radius 1 is 1.37 bits per heavy atom. The molecule has 2 heterocycles. The van der Waals surface area contributed by atoms with E-state index in [1.165, 1.54) is 0 Å². The van der Waals surface area contributed by atoms with E-state index in [2.05, 4.69) is 15.9 Å². The van der Waals surface area contributed by atoms with Crippen LogP contribution in [0.2, 0.25) is 0 Å². The summed E-state index contributed by atoms with van der Waals surface area (Å²) in [7, 11) is 0. The van der Waals surface area contributed by atoms with Gasteiger partial charge in [0.15, 0.2) is 0 Å². The maximum Gasteiger partial charge on any atom is 0.299 e. The molecule has 100 valence electrons. The Labute approximate surface area is 119 Å². The van der Waals surface area contributed by atoms with Crippen molar-refractivity contribution in [3.63, 3.8) is 0 Å². The second-order valence-corrected chi connectivity index (χ2v) is 5.88. The molecule has 19 heavy (non-hydrogen) atoms. The average molecular weight is 324 g/mol. The van der Waals surface area contributed by atoms with Gasteiger partial charge in [0.05, 0.1) is 30.0 Å². The first-order chi connectivity index (χ1) is 9.08. The van der Waals surface area contributed by atoms with Gasteiger partial charge in [-0.05, 0) is 47.8 Å². The molecule has 0 radical (unpaired) electrons. The Morgan fingerprint density at radius 2 is 2.16 bits per heavy atom. The molecule has 1 saturated heterocycles. The zero-order valence-corrected chi connectivity index (χ0v) is 12.1. The number of benzene rings is 1. The molecule has 1 fully saturated rings. The van der Waals surface area contributed by atoms with E-state index in [0.29, 0.717) is 17.8 Å². The summed E-state index contributed by atoms with van der Waals surface area (Å²) in [6, 6.07) is 5.31. The van der Waals surface area contributed by atoms with Crippen LogP contribution >= 0.6 is 15.9 Å². The fourth-order valence-electron chi connectivity index (χ4n) is 2.71. The van der Waals surface area contributed by atoms with E-state index in [9.17, 15) is 9.59 Å². The van der Waals surface area contributed by atoms with E-state index in [4.69, 9.17) is 4.74 Å². The highest BCUT2D eigenvalue weighted by atomic mass is 79.9. The predicted molar refractivity (Wildman–Crippen MR) is 74.4 cm³/mol. The van der Waals surface area contributed by atoms with Crippen LogP contribution in [0.15, 0.2) is 22.7 Å². The van der Waals surface area contributed by atoms with Crippen molar-refractivity contribution in [3.8, 4) is 0 Å². The molecule has 2 aliphatic rings. The number of carbonyl (C=O) groups excluding carboxylic acids is 2. The third-order valence-electron chi connectivity index (χ3n) is 3.65. The van der Waals surface area contributed by atoms with Gasteiger partial charge in [0, 0.05) is 4.47 Å². The number of rotatable bonds is 2. The van der Waals surface area contributed by atoms with Crippen LogP contribution in [-0.2, 0) is 9.53 Å². The van der Waals surface area contributed by atoms with Gasteiger partial charge in [0.1, 0.15) is 0 Å². The fourth-order valence-corrected chi connectivity index (χ4v) is 3.29. The number of halogens is 1. The van der Waals surface area contributed by atoms with Gasteiger partial charge in [-0.1, -0.05) is 6.07 Å². The quantitative estimate of drug-likeness (QED) is 0.786. The van der Waals surface area contributed by atoms with Crippen LogP contribution in [0.25, 0.3) is 0 Å². The Morgan fingerprint density at radius 3 is 2.84 bits per heavy atom. The van der Waals surface area contributed by atoms with Crippen molar-refractivity contribution in [2.45, 2.75) is 32.0 Å². The van der Waals surface area contributed by atoms with Gasteiger partial charge in [0.25, 0.3) is 11.7 Å². The lowest BCUT2D eigenvalue weighted by Gasteiger charge is -2.21. The zero-order valence-electron chi connectivity index (χ0n) is 10.6. The van der Waals surface area contributed by atoms with Crippen molar-refractivity contribution in [1.82, 2.24) is 0 Å². The summed E-state index contributed by atoms with van der Waals surface area (Å²) < 4.78 is 6.51. The monoisotopic (exact) mass is 323 g/mol. The molecule has 0 saturated carbocycles. The van der Waals surface area contributed by atoms with Crippen molar-refractivity contribution >= 4 is 33.3 Å². The molecule has 1 amide bonds. The van der Waals surface area contributed by atoms with Crippen LogP contribution in [0.3, 0.4) is 0 Å². The molecule has 0 N–H and O–H groups in total. The Bertz CT molecular complexity index is 558. The average Bonchev–Trinajstić information content (AvgIpc) is 2.89. The first kappa shape index (κ1) is 12.8. The number of ketones is 1. The van der Waals surface area contributed by atoms with Crippen LogP contribution in [0.1, 0.15) is 30.1 Å². The number of ether oxygens (including phenoxy) is 1. The highest BCUT2D eigenvalue weighted by Gasteiger charge is 2.39. The number of para-hydroxylation sites is 1. The van der Waals surface area contributed by atoms with E-state index >= 15 is 0 Å². The maximum absolute atomic E-state index is 12.1. The zero-order chi connectivity index (χ0) is 13.6. The number of hydrogen-bond donors (Lipinski definition) is 0. The van der Waals surface area contributed by atoms with Crippen LogP contribution in [-0.4, -0.2) is 30.4 Å². The fraction of sp³-hybridized carbons (Fsp3) is 0.429. The molecule has 2 aliphatic heterocycles. The van der Waals surface area contributed by atoms with Gasteiger partial charge in [-0.3, -0.25) is 9.59 Å². The van der Waals surface area contributed by atoms with Crippen LogP contribution in [0.5, 0.6) is 0 Å². The Kier molecular flexibility index (Phi) is 3.19. The summed E-state index contributed by atoms with van der Waals surface area (Å²) in [5.41, 5.74) is 1.16. The number of fused-ring (bicyclic) bond motifs is 1. The molecule has 0 aromatic heterocycles. The van der Waals surface area contributed by atoms with Crippen LogP contribution in [0, 0.1) is 0 Å². The molecule has 2 unspecified atom stereocenters. The number of hydrogen-bond acceptors (Lipinski definition) is 3. The van der Waals surface area contributed by atoms with Gasteiger partial charge < -0.3 is 9.64 Å². The van der Waals surface area contributed by atoms with Crippen LogP contribution in [0.4, 0.5) is 5.69 Å². The molecular formula is C14H14BrNO3. The lowest BCUT2D eigenvalue weighted by molar-refractivity contribution is -0.114. The maximum atomic E-state index is 12.1. The first-order valence-electron chi connectivity index (χ1n) is 6.38. The topological polar surface area (TPSA) is 46.6 Å². The molecule has 4 nitrogen and oxygen atoms in total. The van der Waals surface area contributed by atoms with Gasteiger partial charge in [-0.2, -0.15) is 0 Å². The predicted octanol–water partition coefficient (Wildman–Crippen LogP) is 2.55. The molecule has 0 aliphatic carbocycles. The van der Waals surface area contributed by atoms with Crippen molar-refractivity contribution in [2.75, 3.05) is 11.4 Å². The van der Waals surface area contributed by atoms with Gasteiger partial charge >= 0.3 is 0 Å². The molecule has 0 spiro atoms. The normalized spacial score (nSPS) is 26.1. The molecule has 0 bridgehead atoms. The van der Waals surface area contributed by atoms with Crippen LogP contribution < -0.4 is 4.90 Å². The third-order valence-corrected chi connectivity index (χ3v) is 4.29. The minimum Gasteiger partial charge on any atom is -0.373 e. The highest BCUT2D eigenvalue weighted by molar-refractivity contribution is 9.10. The van der Waals surface area contributed by atoms with E-state index in [-0.39, 0.29) is 12.2 Å². The first-order valence-corrected chi connectivity index (χ1v) is 7.17. The summed E-state index contributed by atoms with van der Waals surface area (Å²) >= 11 is 3.42. The summed E-state index contributed by atoms with van der Waals surface area (Å²) in [4.78, 5) is 25.6. The van der Waals surface area contributed by atoms with E-state index < -0.39 is 11.7 Å². The van der Waals surface area contributed by atoms with Crippen molar-refractivity contribution in [1.29, 1.82) is 0 Å². The van der Waals surface area contributed by atoms with Crippen molar-refractivity contribution < 1.29 is 14.3 Å². The number of amides is 1. The summed E-state index contributed by atoms with van der Waals surface area (Å²) in [6.45, 7) is 2.48. The largest absolute Gasteiger partial charge is 0.373 e. The molecule has 1 aromatic rings. The van der Waals surface area contributed by atoms with E-state index in [0.717, 1.165) is 17.3 Å². The number of nitrogens with zero attached hydrogens (tertiary/aromatic N) is 1. The highest BCUT2D eigenvalue weighted by Crippen LogP contribution is 2.36. The molecule has 1 aromatic carbocycles. The molecular weight excluding hydrogens is 310 g/mol. The summed E-state index contributed by atoms with van der Waals surface area (Å²) in [5.74, 6) is -0.882. The molecule has 2 atom stereocenters. The lowest BCUT2D eigenvalue weighted by Crippen LogP contribution is -2.36. The summed E-state index contributed by atoms with van der Waals surface area (Å²) in [6.07, 6.45) is 2.18. The minimum atomic E-state index is -0.454. The molecule has 3 rings (SSSR count). The second-order valence-electron chi connectivity index (χ2n) is 5.03. The van der Waals surface area contributed by atoms with Gasteiger partial charge in [-0.25, -0.2) is 0 Å². The van der Waals surface area contributed by atoms with E-state index in [1.807, 2.05) is 13.0 Å². The standard InChI is InChI=1S/C14H14BrNO3/c1-8-5-6-9(19-8)7-16-12-10(13(17)14(16)18)3-2-4-11(12)15/h2-4,8-9H,5-7H2,1H3. The Hall–Kier alpha value is -1.20. The SMILES string of the molecule is CC1CCC(CN2C(=O)C(=O)c3cccc(Br)c32)O1. The van der Waals surface area contributed by atoms with Crippen molar-refractivity contribution in [3.05, 3.63) is 28.2 Å². The number of Topliss-reactive ketones (excluding diaryl/α,β-unsaturated/α-hetero) is 1. The van der Waals surface area contributed by atoms with E-state index in [1.54, 1.807) is 17.0 Å². The Balaban J connectivity index is 1.91. The summed E-state index contributed by atoms with van der Waals surface area (Å²) in [5, 5.41) is 0. The second kappa shape index (κ2) is 4.72. The van der Waals surface area contributed by atoms with Crippen molar-refractivity contribution in [2.24, 2.45) is 0 Å². The van der Waals surface area contributed by atoms with Gasteiger partial charge in [-0.15, -0.1) is 0 Å². The number of anilines is 1. The molecule has 5 heteroatoms. The lowest BCUT2D eigenvalue weighted by atomic mass is 10.1. The minimum absolute atomic E-state index is 0.0183. The van der Waals surface area contributed by atoms with Gasteiger partial charge in [0.2, 0.25) is 0 Å². The third kappa shape index (κ3) is 2.11. The number of carbonyl (C=O) groups is 2. The smallest absolute Gasteiger partial charge is 0.299 e.